The van der Waals surface area contributed by atoms with E-state index in [2.05, 4.69) is 37.5 Å². The van der Waals surface area contributed by atoms with E-state index in [1.54, 1.807) is 0 Å². The fourth-order valence-corrected chi connectivity index (χ4v) is 2.94. The second kappa shape index (κ2) is 5.62. The van der Waals surface area contributed by atoms with E-state index in [1.807, 2.05) is 18.2 Å². The minimum Gasteiger partial charge on any atom is -0.399 e. The van der Waals surface area contributed by atoms with Crippen molar-refractivity contribution in [2.24, 2.45) is 0 Å². The first-order chi connectivity index (χ1) is 9.32. The highest BCUT2D eigenvalue weighted by Crippen LogP contribution is 2.28. The van der Waals surface area contributed by atoms with E-state index in [0.717, 1.165) is 30.9 Å². The van der Waals surface area contributed by atoms with Crippen molar-refractivity contribution in [3.8, 4) is 0 Å². The molecule has 20 heavy (non-hydrogen) atoms. The van der Waals surface area contributed by atoms with Gasteiger partial charge in [0.1, 0.15) is 0 Å². The van der Waals surface area contributed by atoms with Crippen LogP contribution < -0.4 is 10.6 Å². The van der Waals surface area contributed by atoms with E-state index in [4.69, 9.17) is 5.73 Å². The molecule has 1 heterocycles. The number of anilines is 2. The minimum absolute atomic E-state index is 0.0343. The molecule has 1 aromatic carbocycles. The maximum atomic E-state index is 9.55. The predicted molar refractivity (Wildman–Crippen MR) is 84.9 cm³/mol. The molecule has 1 saturated heterocycles. The number of nitrogens with zero attached hydrogens (tertiary/aromatic N) is 2. The number of benzene rings is 1. The standard InChI is InChI=1S/C16H27N3O/c1-12-10-18(16(2,3)4)7-8-19(12)15-6-5-14(17)9-13(15)11-20/h5-6,9,12,20H,7-8,10-11,17H2,1-4H3/t12-/m0/s1. The zero-order chi connectivity index (χ0) is 14.9. The first-order valence-corrected chi connectivity index (χ1v) is 7.34. The Labute approximate surface area is 122 Å². The van der Waals surface area contributed by atoms with Crippen LogP contribution in [0.3, 0.4) is 0 Å². The number of piperazine rings is 1. The molecular formula is C16H27N3O. The lowest BCUT2D eigenvalue weighted by molar-refractivity contribution is 0.112. The van der Waals surface area contributed by atoms with Gasteiger partial charge in [0.05, 0.1) is 6.61 Å². The SMILES string of the molecule is C[C@H]1CN(C(C)(C)C)CCN1c1ccc(N)cc1CO. The molecular weight excluding hydrogens is 250 g/mol. The molecule has 0 radical (unpaired) electrons. The van der Waals surface area contributed by atoms with Gasteiger partial charge in [0, 0.05) is 48.2 Å². The molecule has 0 amide bonds. The Morgan fingerprint density at radius 1 is 1.30 bits per heavy atom. The van der Waals surface area contributed by atoms with Crippen LogP contribution in [0.4, 0.5) is 11.4 Å². The molecule has 3 N–H and O–H groups in total. The summed E-state index contributed by atoms with van der Waals surface area (Å²) >= 11 is 0. The highest BCUT2D eigenvalue weighted by Gasteiger charge is 2.30. The molecule has 0 saturated carbocycles. The predicted octanol–water partition coefficient (Wildman–Crippen LogP) is 2.07. The van der Waals surface area contributed by atoms with Crippen LogP contribution in [0.2, 0.25) is 0 Å². The Morgan fingerprint density at radius 2 is 2.00 bits per heavy atom. The molecule has 1 aromatic rings. The molecule has 1 fully saturated rings. The van der Waals surface area contributed by atoms with E-state index < -0.39 is 0 Å². The summed E-state index contributed by atoms with van der Waals surface area (Å²) in [6.07, 6.45) is 0. The van der Waals surface area contributed by atoms with Gasteiger partial charge in [0.25, 0.3) is 0 Å². The number of aliphatic hydroxyl groups excluding tert-OH is 1. The second-order valence-corrected chi connectivity index (χ2v) is 6.71. The van der Waals surface area contributed by atoms with Crippen LogP contribution in [0.25, 0.3) is 0 Å². The van der Waals surface area contributed by atoms with Crippen LogP contribution in [0, 0.1) is 0 Å². The number of nitrogens with two attached hydrogens (primary N) is 1. The number of hydrogen-bond donors (Lipinski definition) is 2. The molecule has 0 aromatic heterocycles. The van der Waals surface area contributed by atoms with Crippen LogP contribution in [0.15, 0.2) is 18.2 Å². The van der Waals surface area contributed by atoms with Gasteiger partial charge in [-0.25, -0.2) is 0 Å². The summed E-state index contributed by atoms with van der Waals surface area (Å²) in [5, 5.41) is 9.55. The van der Waals surface area contributed by atoms with Crippen molar-refractivity contribution in [1.82, 2.24) is 4.90 Å². The molecule has 2 rings (SSSR count). The lowest BCUT2D eigenvalue weighted by Crippen LogP contribution is -2.57. The van der Waals surface area contributed by atoms with Crippen LogP contribution >= 0.6 is 0 Å². The molecule has 0 unspecified atom stereocenters. The molecule has 1 aliphatic heterocycles. The van der Waals surface area contributed by atoms with Gasteiger partial charge in [-0.15, -0.1) is 0 Å². The van der Waals surface area contributed by atoms with Gasteiger partial charge in [-0.3, -0.25) is 4.90 Å². The summed E-state index contributed by atoms with van der Waals surface area (Å²) in [7, 11) is 0. The van der Waals surface area contributed by atoms with E-state index in [0.29, 0.717) is 11.7 Å². The largest absolute Gasteiger partial charge is 0.399 e. The van der Waals surface area contributed by atoms with Crippen LogP contribution in [-0.2, 0) is 6.61 Å². The number of aliphatic hydroxyl groups is 1. The molecule has 1 atom stereocenters. The zero-order valence-electron chi connectivity index (χ0n) is 13.1. The summed E-state index contributed by atoms with van der Waals surface area (Å²) in [5.74, 6) is 0. The van der Waals surface area contributed by atoms with Crippen LogP contribution in [0.1, 0.15) is 33.3 Å². The van der Waals surface area contributed by atoms with Crippen molar-refractivity contribution in [3.63, 3.8) is 0 Å². The van der Waals surface area contributed by atoms with Crippen molar-refractivity contribution in [2.75, 3.05) is 30.3 Å². The third-order valence-electron chi connectivity index (χ3n) is 4.16. The average molecular weight is 277 g/mol. The first-order valence-electron chi connectivity index (χ1n) is 7.34. The summed E-state index contributed by atoms with van der Waals surface area (Å²) in [5.41, 5.74) is 8.76. The van der Waals surface area contributed by atoms with Crippen molar-refractivity contribution in [3.05, 3.63) is 23.8 Å². The van der Waals surface area contributed by atoms with Crippen molar-refractivity contribution >= 4 is 11.4 Å². The summed E-state index contributed by atoms with van der Waals surface area (Å²) in [6.45, 7) is 12.1. The smallest absolute Gasteiger partial charge is 0.0702 e. The average Bonchev–Trinajstić information content (AvgIpc) is 2.38. The Hall–Kier alpha value is -1.26. The fraction of sp³-hybridized carbons (Fsp3) is 0.625. The van der Waals surface area contributed by atoms with Gasteiger partial charge < -0.3 is 15.7 Å². The Kier molecular flexibility index (Phi) is 4.25. The Balaban J connectivity index is 2.19. The van der Waals surface area contributed by atoms with Gasteiger partial charge in [-0.1, -0.05) is 0 Å². The fourth-order valence-electron chi connectivity index (χ4n) is 2.94. The van der Waals surface area contributed by atoms with Gasteiger partial charge in [-0.2, -0.15) is 0 Å². The van der Waals surface area contributed by atoms with E-state index in [-0.39, 0.29) is 12.1 Å². The van der Waals surface area contributed by atoms with E-state index in [9.17, 15) is 5.11 Å². The van der Waals surface area contributed by atoms with Crippen molar-refractivity contribution < 1.29 is 5.11 Å². The second-order valence-electron chi connectivity index (χ2n) is 6.71. The first kappa shape index (κ1) is 15.1. The summed E-state index contributed by atoms with van der Waals surface area (Å²) in [4.78, 5) is 4.90. The monoisotopic (exact) mass is 277 g/mol. The van der Waals surface area contributed by atoms with E-state index in [1.165, 1.54) is 0 Å². The lowest BCUT2D eigenvalue weighted by Gasteiger charge is -2.47. The maximum absolute atomic E-state index is 9.55. The molecule has 4 nitrogen and oxygen atoms in total. The normalized spacial score (nSPS) is 21.2. The van der Waals surface area contributed by atoms with Crippen molar-refractivity contribution in [1.29, 1.82) is 0 Å². The Bertz CT molecular complexity index is 467. The van der Waals surface area contributed by atoms with Crippen molar-refractivity contribution in [2.45, 2.75) is 45.9 Å². The topological polar surface area (TPSA) is 52.7 Å². The van der Waals surface area contributed by atoms with E-state index >= 15 is 0 Å². The molecule has 4 heteroatoms. The zero-order valence-corrected chi connectivity index (χ0v) is 13.1. The molecule has 112 valence electrons. The minimum atomic E-state index is 0.0343. The van der Waals surface area contributed by atoms with Gasteiger partial charge in [0.15, 0.2) is 0 Å². The number of hydrogen-bond acceptors (Lipinski definition) is 4. The number of rotatable bonds is 2. The molecule has 1 aliphatic rings. The highest BCUT2D eigenvalue weighted by atomic mass is 16.3. The van der Waals surface area contributed by atoms with Crippen LogP contribution in [0.5, 0.6) is 0 Å². The molecule has 0 spiro atoms. The van der Waals surface area contributed by atoms with Gasteiger partial charge in [-0.05, 0) is 45.9 Å². The summed E-state index contributed by atoms with van der Waals surface area (Å²) in [6, 6.07) is 6.25. The third-order valence-corrected chi connectivity index (χ3v) is 4.16. The molecule has 0 bridgehead atoms. The maximum Gasteiger partial charge on any atom is 0.0702 e. The lowest BCUT2D eigenvalue weighted by atomic mass is 10.0. The summed E-state index contributed by atoms with van der Waals surface area (Å²) < 4.78 is 0. The van der Waals surface area contributed by atoms with Gasteiger partial charge >= 0.3 is 0 Å². The number of nitrogen functional groups attached to an aromatic ring is 1. The van der Waals surface area contributed by atoms with Crippen LogP contribution in [-0.4, -0.2) is 41.2 Å². The quantitative estimate of drug-likeness (QED) is 0.813. The highest BCUT2D eigenvalue weighted by molar-refractivity contribution is 5.60. The third kappa shape index (κ3) is 3.07. The van der Waals surface area contributed by atoms with Gasteiger partial charge in [0.2, 0.25) is 0 Å². The molecule has 0 aliphatic carbocycles. The Morgan fingerprint density at radius 3 is 2.55 bits per heavy atom.